The highest BCUT2D eigenvalue weighted by Crippen LogP contribution is 2.18. The summed E-state index contributed by atoms with van der Waals surface area (Å²) in [5, 5.41) is 0. The van der Waals surface area contributed by atoms with Gasteiger partial charge in [0.15, 0.2) is 0 Å². The van der Waals surface area contributed by atoms with E-state index in [1.165, 1.54) is 32.1 Å². The average Bonchev–Trinajstić information content (AvgIpc) is 2.42. The van der Waals surface area contributed by atoms with Crippen LogP contribution in [-0.4, -0.2) is 29.8 Å². The maximum absolute atomic E-state index is 11.4. The minimum absolute atomic E-state index is 0.394. The predicted molar refractivity (Wildman–Crippen MR) is 59.4 cm³/mol. The largest absolute Gasteiger partial charge is 0.298 e. The van der Waals surface area contributed by atoms with Crippen LogP contribution in [0.3, 0.4) is 0 Å². The number of hydrogen-bond donors (Lipinski definition) is 0. The van der Waals surface area contributed by atoms with Gasteiger partial charge in [-0.05, 0) is 25.8 Å². The molecule has 1 heterocycles. The predicted octanol–water partition coefficient (Wildman–Crippen LogP) is 2.62. The van der Waals surface area contributed by atoms with Gasteiger partial charge < -0.3 is 0 Å². The van der Waals surface area contributed by atoms with Crippen molar-refractivity contribution in [1.29, 1.82) is 0 Å². The molecule has 0 aromatic carbocycles. The van der Waals surface area contributed by atoms with Gasteiger partial charge in [0, 0.05) is 12.5 Å². The highest BCUT2D eigenvalue weighted by atomic mass is 16.1. The van der Waals surface area contributed by atoms with Crippen molar-refractivity contribution in [2.24, 2.45) is 0 Å². The Morgan fingerprint density at radius 1 is 1.29 bits per heavy atom. The number of carbonyl (C=O) groups is 1. The summed E-state index contributed by atoms with van der Waals surface area (Å²) in [4.78, 5) is 13.8. The van der Waals surface area contributed by atoms with Crippen LogP contribution in [-0.2, 0) is 4.79 Å². The number of likely N-dealkylation sites (tertiary alicyclic amines) is 1. The van der Waals surface area contributed by atoms with Crippen molar-refractivity contribution >= 4 is 5.78 Å². The molecular weight excluding hydrogens is 174 g/mol. The molecule has 0 aliphatic carbocycles. The highest BCUT2D eigenvalue weighted by molar-refractivity contribution is 5.80. The second-order valence-electron chi connectivity index (χ2n) is 4.27. The van der Waals surface area contributed by atoms with Crippen molar-refractivity contribution < 1.29 is 4.79 Å². The van der Waals surface area contributed by atoms with Gasteiger partial charge in [-0.3, -0.25) is 9.69 Å². The minimum Gasteiger partial charge on any atom is -0.298 e. The molecule has 1 aliphatic heterocycles. The Morgan fingerprint density at radius 2 is 2.07 bits per heavy atom. The molecule has 2 nitrogen and oxygen atoms in total. The summed E-state index contributed by atoms with van der Waals surface area (Å²) in [5.74, 6) is 0.394. The van der Waals surface area contributed by atoms with Gasteiger partial charge >= 0.3 is 0 Å². The quantitative estimate of drug-likeness (QED) is 0.690. The first-order valence-electron chi connectivity index (χ1n) is 6.03. The van der Waals surface area contributed by atoms with Gasteiger partial charge in [0.1, 0.15) is 5.78 Å². The van der Waals surface area contributed by atoms with Crippen LogP contribution in [0.15, 0.2) is 0 Å². The summed E-state index contributed by atoms with van der Waals surface area (Å²) in [6.07, 6.45) is 7.12. The van der Waals surface area contributed by atoms with E-state index < -0.39 is 0 Å². The number of Topliss-reactive ketones (excluding diaryl/α,β-unsaturated/α-hetero) is 1. The molecule has 0 aromatic heterocycles. The molecule has 1 atom stereocenters. The second kappa shape index (κ2) is 6.18. The second-order valence-corrected chi connectivity index (χ2v) is 4.27. The van der Waals surface area contributed by atoms with Crippen LogP contribution < -0.4 is 0 Å². The molecule has 1 aliphatic rings. The lowest BCUT2D eigenvalue weighted by Crippen LogP contribution is -2.38. The molecule has 1 unspecified atom stereocenters. The summed E-state index contributed by atoms with van der Waals surface area (Å²) in [7, 11) is 0. The molecule has 0 spiro atoms. The fourth-order valence-electron chi connectivity index (χ4n) is 2.25. The number of carbonyl (C=O) groups excluding carboxylic acids is 1. The van der Waals surface area contributed by atoms with Crippen molar-refractivity contribution in [1.82, 2.24) is 4.90 Å². The Bertz CT molecular complexity index is 179. The third-order valence-corrected chi connectivity index (χ3v) is 3.24. The average molecular weight is 197 g/mol. The molecule has 2 heteroatoms. The lowest BCUT2D eigenvalue weighted by atomic mass is 10.1. The van der Waals surface area contributed by atoms with Crippen molar-refractivity contribution in [3.05, 3.63) is 0 Å². The molecule has 0 bridgehead atoms. The summed E-state index contributed by atoms with van der Waals surface area (Å²) in [5.41, 5.74) is 0. The van der Waals surface area contributed by atoms with Crippen LogP contribution in [0.1, 0.15) is 52.4 Å². The van der Waals surface area contributed by atoms with E-state index in [1.807, 2.05) is 6.92 Å². The van der Waals surface area contributed by atoms with E-state index >= 15 is 0 Å². The van der Waals surface area contributed by atoms with Crippen molar-refractivity contribution in [2.75, 3.05) is 13.1 Å². The molecule has 0 radical (unpaired) electrons. The van der Waals surface area contributed by atoms with Gasteiger partial charge in [-0.2, -0.15) is 0 Å². The van der Waals surface area contributed by atoms with Gasteiger partial charge in [-0.1, -0.05) is 26.7 Å². The smallest absolute Gasteiger partial charge is 0.146 e. The van der Waals surface area contributed by atoms with Gasteiger partial charge in [-0.25, -0.2) is 0 Å². The van der Waals surface area contributed by atoms with E-state index in [-0.39, 0.29) is 0 Å². The van der Waals surface area contributed by atoms with Crippen LogP contribution in [0.25, 0.3) is 0 Å². The zero-order valence-electron chi connectivity index (χ0n) is 9.59. The summed E-state index contributed by atoms with van der Waals surface area (Å²) in [6, 6.07) is 0.660. The molecule has 1 saturated heterocycles. The fourth-order valence-corrected chi connectivity index (χ4v) is 2.25. The minimum atomic E-state index is 0.394. The molecule has 0 N–H and O–H groups in total. The lowest BCUT2D eigenvalue weighted by Gasteiger charge is -2.28. The van der Waals surface area contributed by atoms with E-state index in [9.17, 15) is 4.79 Å². The number of nitrogens with zero attached hydrogens (tertiary/aromatic N) is 1. The van der Waals surface area contributed by atoms with Gasteiger partial charge in [0.25, 0.3) is 0 Å². The Balaban J connectivity index is 2.47. The van der Waals surface area contributed by atoms with E-state index in [0.29, 0.717) is 24.8 Å². The standard InChI is InChI=1S/C12H23NO/c1-3-11-8-6-5-7-9-13(11)10-12(14)4-2/h11H,3-10H2,1-2H3. The van der Waals surface area contributed by atoms with Gasteiger partial charge in [0.2, 0.25) is 0 Å². The van der Waals surface area contributed by atoms with Crippen molar-refractivity contribution in [2.45, 2.75) is 58.4 Å². The summed E-state index contributed by atoms with van der Waals surface area (Å²) < 4.78 is 0. The maximum Gasteiger partial charge on any atom is 0.146 e. The lowest BCUT2D eigenvalue weighted by molar-refractivity contribution is -0.120. The van der Waals surface area contributed by atoms with Crippen molar-refractivity contribution in [3.63, 3.8) is 0 Å². The Kier molecular flexibility index (Phi) is 5.16. The molecule has 14 heavy (non-hydrogen) atoms. The molecule has 82 valence electrons. The van der Waals surface area contributed by atoms with E-state index in [0.717, 1.165) is 6.54 Å². The fraction of sp³-hybridized carbons (Fsp3) is 0.917. The van der Waals surface area contributed by atoms with Crippen LogP contribution >= 0.6 is 0 Å². The number of hydrogen-bond acceptors (Lipinski definition) is 2. The highest BCUT2D eigenvalue weighted by Gasteiger charge is 2.20. The molecule has 1 fully saturated rings. The first kappa shape index (κ1) is 11.7. The molecule has 1 rings (SSSR count). The summed E-state index contributed by atoms with van der Waals surface area (Å²) >= 11 is 0. The first-order chi connectivity index (χ1) is 6.77. The van der Waals surface area contributed by atoms with Gasteiger partial charge in [0.05, 0.1) is 6.54 Å². The normalized spacial score (nSPS) is 24.6. The van der Waals surface area contributed by atoms with E-state index in [4.69, 9.17) is 0 Å². The maximum atomic E-state index is 11.4. The summed E-state index contributed by atoms with van der Waals surface area (Å²) in [6.45, 7) is 6.01. The molecule has 0 aromatic rings. The zero-order chi connectivity index (χ0) is 10.4. The van der Waals surface area contributed by atoms with Crippen LogP contribution in [0, 0.1) is 0 Å². The van der Waals surface area contributed by atoms with Crippen LogP contribution in [0.4, 0.5) is 0 Å². The SMILES string of the molecule is CCC(=O)CN1CCCCCC1CC. The third-order valence-electron chi connectivity index (χ3n) is 3.24. The van der Waals surface area contributed by atoms with E-state index in [2.05, 4.69) is 11.8 Å². The Morgan fingerprint density at radius 3 is 2.71 bits per heavy atom. The Hall–Kier alpha value is -0.370. The van der Waals surface area contributed by atoms with E-state index in [1.54, 1.807) is 0 Å². The number of rotatable bonds is 4. The third kappa shape index (κ3) is 3.41. The first-order valence-corrected chi connectivity index (χ1v) is 6.03. The topological polar surface area (TPSA) is 20.3 Å². The van der Waals surface area contributed by atoms with Crippen LogP contribution in [0.5, 0.6) is 0 Å². The number of ketones is 1. The molecule has 0 saturated carbocycles. The Labute approximate surface area is 87.7 Å². The monoisotopic (exact) mass is 197 g/mol. The molecule has 0 amide bonds. The zero-order valence-corrected chi connectivity index (χ0v) is 9.59. The van der Waals surface area contributed by atoms with Crippen LogP contribution in [0.2, 0.25) is 0 Å². The van der Waals surface area contributed by atoms with Gasteiger partial charge in [-0.15, -0.1) is 0 Å². The van der Waals surface area contributed by atoms with Crippen molar-refractivity contribution in [3.8, 4) is 0 Å². The molecular formula is C12H23NO.